The topological polar surface area (TPSA) is 64.0 Å². The van der Waals surface area contributed by atoms with E-state index in [1.54, 1.807) is 22.8 Å². The van der Waals surface area contributed by atoms with E-state index in [-0.39, 0.29) is 17.0 Å². The molecule has 0 unspecified atom stereocenters. The molecule has 23 heavy (non-hydrogen) atoms. The third-order valence-corrected chi connectivity index (χ3v) is 4.07. The Morgan fingerprint density at radius 2 is 2.00 bits per heavy atom. The molecule has 0 saturated heterocycles. The zero-order chi connectivity index (χ0) is 16.6. The second kappa shape index (κ2) is 5.80. The molecule has 2 heterocycles. The van der Waals surface area contributed by atoms with Crippen LogP contribution in [0.3, 0.4) is 0 Å². The van der Waals surface area contributed by atoms with Crippen LogP contribution in [0.4, 0.5) is 0 Å². The van der Waals surface area contributed by atoms with Gasteiger partial charge in [0, 0.05) is 24.1 Å². The Morgan fingerprint density at radius 3 is 2.74 bits per heavy atom. The van der Waals surface area contributed by atoms with Crippen LogP contribution in [-0.2, 0) is 13.0 Å². The summed E-state index contributed by atoms with van der Waals surface area (Å²) >= 11 is 0. The molecule has 3 rings (SSSR count). The van der Waals surface area contributed by atoms with Crippen LogP contribution in [0.15, 0.2) is 23.0 Å². The summed E-state index contributed by atoms with van der Waals surface area (Å²) in [6.07, 6.45) is 4.02. The minimum Gasteiger partial charge on any atom is -0.347 e. The van der Waals surface area contributed by atoms with Gasteiger partial charge in [-0.2, -0.15) is 0 Å². The normalized spacial score (nSPS) is 15.1. The second-order valence-electron chi connectivity index (χ2n) is 7.23. The Hall–Kier alpha value is -2.17. The molecule has 0 bridgehead atoms. The molecule has 0 atom stereocenters. The molecule has 0 fully saturated rings. The van der Waals surface area contributed by atoms with Crippen LogP contribution >= 0.6 is 0 Å². The summed E-state index contributed by atoms with van der Waals surface area (Å²) in [5.74, 6) is 0.699. The van der Waals surface area contributed by atoms with Gasteiger partial charge in [-0.15, -0.1) is 0 Å². The number of benzene rings is 1. The smallest absolute Gasteiger partial charge is 0.261 e. The summed E-state index contributed by atoms with van der Waals surface area (Å²) in [4.78, 5) is 29.6. The predicted octanol–water partition coefficient (Wildman–Crippen LogP) is 2.65. The zero-order valence-corrected chi connectivity index (χ0v) is 14.0. The highest BCUT2D eigenvalue weighted by molar-refractivity contribution is 5.98. The van der Waals surface area contributed by atoms with Crippen molar-refractivity contribution in [2.45, 2.75) is 58.5 Å². The van der Waals surface area contributed by atoms with Crippen LogP contribution in [0, 0.1) is 0 Å². The van der Waals surface area contributed by atoms with Gasteiger partial charge in [0.15, 0.2) is 0 Å². The lowest BCUT2D eigenvalue weighted by molar-refractivity contribution is 0.0919. The van der Waals surface area contributed by atoms with Crippen molar-refractivity contribution in [1.29, 1.82) is 0 Å². The molecule has 0 saturated carbocycles. The molecule has 1 aliphatic heterocycles. The maximum atomic E-state index is 12.7. The number of hydrogen-bond acceptors (Lipinski definition) is 3. The standard InChI is InChI=1S/C18H23N3O2/c1-18(2,3)20-16(22)12-8-9-13-14(11-12)19-15-7-5-4-6-10-21(15)17(13)23/h8-9,11H,4-7,10H2,1-3H3,(H,20,22). The third kappa shape index (κ3) is 3.28. The molecular formula is C18H23N3O2. The third-order valence-electron chi connectivity index (χ3n) is 4.07. The van der Waals surface area contributed by atoms with Gasteiger partial charge in [-0.1, -0.05) is 6.42 Å². The lowest BCUT2D eigenvalue weighted by atomic mass is 10.1. The highest BCUT2D eigenvalue weighted by Gasteiger charge is 2.18. The predicted molar refractivity (Wildman–Crippen MR) is 90.8 cm³/mol. The molecule has 0 spiro atoms. The fourth-order valence-corrected chi connectivity index (χ4v) is 2.97. The van der Waals surface area contributed by atoms with Crippen molar-refractivity contribution in [2.75, 3.05) is 0 Å². The van der Waals surface area contributed by atoms with Crippen molar-refractivity contribution in [2.24, 2.45) is 0 Å². The minimum atomic E-state index is -0.299. The summed E-state index contributed by atoms with van der Waals surface area (Å²) in [7, 11) is 0. The van der Waals surface area contributed by atoms with E-state index in [1.807, 2.05) is 20.8 Å². The van der Waals surface area contributed by atoms with E-state index in [0.717, 1.165) is 38.1 Å². The van der Waals surface area contributed by atoms with Gasteiger partial charge in [0.1, 0.15) is 5.82 Å². The summed E-state index contributed by atoms with van der Waals surface area (Å²) in [5.41, 5.74) is 0.865. The van der Waals surface area contributed by atoms with E-state index < -0.39 is 0 Å². The molecule has 0 radical (unpaired) electrons. The molecular weight excluding hydrogens is 290 g/mol. The fourth-order valence-electron chi connectivity index (χ4n) is 2.97. The van der Waals surface area contributed by atoms with Crippen molar-refractivity contribution < 1.29 is 4.79 Å². The average Bonchev–Trinajstić information content (AvgIpc) is 2.70. The lowest BCUT2D eigenvalue weighted by Crippen LogP contribution is -2.40. The van der Waals surface area contributed by atoms with Gasteiger partial charge < -0.3 is 5.32 Å². The number of fused-ring (bicyclic) bond motifs is 2. The molecule has 5 nitrogen and oxygen atoms in total. The number of aryl methyl sites for hydroxylation is 1. The summed E-state index contributed by atoms with van der Waals surface area (Å²) in [5, 5.41) is 3.52. The van der Waals surface area contributed by atoms with Gasteiger partial charge in [-0.05, 0) is 51.8 Å². The SMILES string of the molecule is CC(C)(C)NC(=O)c1ccc2c(=O)n3c(nc2c1)CCCCC3. The first kappa shape index (κ1) is 15.7. The average molecular weight is 313 g/mol. The van der Waals surface area contributed by atoms with Crippen LogP contribution in [-0.4, -0.2) is 21.0 Å². The molecule has 122 valence electrons. The van der Waals surface area contributed by atoms with Crippen molar-refractivity contribution in [3.05, 3.63) is 39.9 Å². The monoisotopic (exact) mass is 313 g/mol. The van der Waals surface area contributed by atoms with Crippen LogP contribution < -0.4 is 10.9 Å². The molecule has 5 heteroatoms. The van der Waals surface area contributed by atoms with Crippen LogP contribution in [0.2, 0.25) is 0 Å². The quantitative estimate of drug-likeness (QED) is 0.880. The van der Waals surface area contributed by atoms with Gasteiger partial charge in [0.2, 0.25) is 0 Å². The van der Waals surface area contributed by atoms with Gasteiger partial charge >= 0.3 is 0 Å². The molecule has 1 aliphatic rings. The number of carbonyl (C=O) groups excluding carboxylic acids is 1. The molecule has 1 N–H and O–H groups in total. The Balaban J connectivity index is 2.07. The number of amides is 1. The van der Waals surface area contributed by atoms with E-state index in [4.69, 9.17) is 0 Å². The van der Waals surface area contributed by atoms with Gasteiger partial charge in [0.05, 0.1) is 10.9 Å². The van der Waals surface area contributed by atoms with Crippen molar-refractivity contribution in [3.63, 3.8) is 0 Å². The van der Waals surface area contributed by atoms with Crippen molar-refractivity contribution in [1.82, 2.24) is 14.9 Å². The Morgan fingerprint density at radius 1 is 1.22 bits per heavy atom. The summed E-state index contributed by atoms with van der Waals surface area (Å²) < 4.78 is 1.80. The van der Waals surface area contributed by atoms with Gasteiger partial charge in [-0.25, -0.2) is 4.98 Å². The van der Waals surface area contributed by atoms with E-state index in [1.165, 1.54) is 0 Å². The van der Waals surface area contributed by atoms with E-state index in [2.05, 4.69) is 10.3 Å². The van der Waals surface area contributed by atoms with Crippen LogP contribution in [0.25, 0.3) is 10.9 Å². The zero-order valence-electron chi connectivity index (χ0n) is 14.0. The first-order chi connectivity index (χ1) is 10.8. The first-order valence-corrected chi connectivity index (χ1v) is 8.21. The number of carbonyl (C=O) groups is 1. The summed E-state index contributed by atoms with van der Waals surface area (Å²) in [6.45, 7) is 6.56. The molecule has 0 aliphatic carbocycles. The Labute approximate surface area is 135 Å². The van der Waals surface area contributed by atoms with Gasteiger partial charge in [-0.3, -0.25) is 14.2 Å². The fraction of sp³-hybridized carbons (Fsp3) is 0.500. The maximum absolute atomic E-state index is 12.7. The van der Waals surface area contributed by atoms with E-state index in [9.17, 15) is 9.59 Å². The number of aromatic nitrogens is 2. The van der Waals surface area contributed by atoms with E-state index >= 15 is 0 Å². The minimum absolute atomic E-state index is 0.00896. The first-order valence-electron chi connectivity index (χ1n) is 8.21. The van der Waals surface area contributed by atoms with Crippen LogP contribution in [0.1, 0.15) is 56.2 Å². The van der Waals surface area contributed by atoms with Crippen molar-refractivity contribution >= 4 is 16.8 Å². The summed E-state index contributed by atoms with van der Waals surface area (Å²) in [6, 6.07) is 5.15. The maximum Gasteiger partial charge on any atom is 0.261 e. The van der Waals surface area contributed by atoms with Gasteiger partial charge in [0.25, 0.3) is 11.5 Å². The van der Waals surface area contributed by atoms with Crippen LogP contribution in [0.5, 0.6) is 0 Å². The largest absolute Gasteiger partial charge is 0.347 e. The lowest BCUT2D eigenvalue weighted by Gasteiger charge is -2.20. The molecule has 1 aromatic carbocycles. The highest BCUT2D eigenvalue weighted by atomic mass is 16.2. The number of nitrogens with zero attached hydrogens (tertiary/aromatic N) is 2. The second-order valence-corrected chi connectivity index (χ2v) is 7.23. The Bertz CT molecular complexity index is 815. The van der Waals surface area contributed by atoms with Crippen molar-refractivity contribution in [3.8, 4) is 0 Å². The molecule has 1 aromatic heterocycles. The number of nitrogens with one attached hydrogen (secondary N) is 1. The number of hydrogen-bond donors (Lipinski definition) is 1. The highest BCUT2D eigenvalue weighted by Crippen LogP contribution is 2.16. The Kier molecular flexibility index (Phi) is 3.96. The molecule has 1 amide bonds. The molecule has 2 aromatic rings. The van der Waals surface area contributed by atoms with E-state index in [0.29, 0.717) is 16.5 Å². The number of rotatable bonds is 1.